The smallest absolute Gasteiger partial charge is 0.130 e. The van der Waals surface area contributed by atoms with Gasteiger partial charge in [0.05, 0.1) is 24.5 Å². The van der Waals surface area contributed by atoms with Gasteiger partial charge in [-0.05, 0) is 12.5 Å². The molecule has 0 saturated heterocycles. The summed E-state index contributed by atoms with van der Waals surface area (Å²) in [6, 6.07) is 1.98. The molecule has 5 nitrogen and oxygen atoms in total. The molecule has 3 rings (SSSR count). The molecule has 0 aromatic carbocycles. The lowest BCUT2D eigenvalue weighted by Crippen LogP contribution is -2.07. The summed E-state index contributed by atoms with van der Waals surface area (Å²) in [5.41, 5.74) is 1.91. The fourth-order valence-corrected chi connectivity index (χ4v) is 2.13. The third-order valence-electron chi connectivity index (χ3n) is 3.03. The molecule has 0 radical (unpaired) electrons. The molecule has 0 amide bonds. The van der Waals surface area contributed by atoms with Crippen molar-refractivity contribution in [3.05, 3.63) is 35.7 Å². The van der Waals surface area contributed by atoms with E-state index in [0.717, 1.165) is 23.6 Å². The van der Waals surface area contributed by atoms with Gasteiger partial charge >= 0.3 is 0 Å². The number of aliphatic hydroxyl groups excluding tert-OH is 1. The first kappa shape index (κ1) is 9.59. The first-order valence-electron chi connectivity index (χ1n) is 5.52. The van der Waals surface area contributed by atoms with Crippen molar-refractivity contribution >= 4 is 0 Å². The van der Waals surface area contributed by atoms with Gasteiger partial charge in [0, 0.05) is 12.4 Å². The number of imidazole rings is 1. The maximum absolute atomic E-state index is 10.1. The summed E-state index contributed by atoms with van der Waals surface area (Å²) in [5, 5.41) is 14.6. The van der Waals surface area contributed by atoms with E-state index < -0.39 is 6.10 Å². The number of rotatable bonds is 1. The quantitative estimate of drug-likeness (QED) is 0.768. The number of aromatic nitrogens is 4. The summed E-state index contributed by atoms with van der Waals surface area (Å²) in [6.45, 7) is 3.26. The number of aryl methyl sites for hydroxylation is 1. The van der Waals surface area contributed by atoms with Crippen molar-refractivity contribution in [1.82, 2.24) is 19.3 Å². The van der Waals surface area contributed by atoms with E-state index in [1.54, 1.807) is 6.20 Å². The van der Waals surface area contributed by atoms with E-state index in [1.807, 2.05) is 21.5 Å². The van der Waals surface area contributed by atoms with Crippen LogP contribution in [0.15, 0.2) is 18.5 Å². The lowest BCUT2D eigenvalue weighted by atomic mass is 10.2. The highest BCUT2D eigenvalue weighted by Crippen LogP contribution is 2.22. The second-order valence-electron chi connectivity index (χ2n) is 4.08. The molecule has 0 fully saturated rings. The van der Waals surface area contributed by atoms with Crippen molar-refractivity contribution in [3.8, 4) is 0 Å². The second-order valence-corrected chi connectivity index (χ2v) is 4.08. The van der Waals surface area contributed by atoms with Crippen LogP contribution in [0.5, 0.6) is 0 Å². The second kappa shape index (κ2) is 3.45. The molecule has 0 aliphatic carbocycles. The van der Waals surface area contributed by atoms with Crippen LogP contribution in [0.4, 0.5) is 0 Å². The van der Waals surface area contributed by atoms with Crippen molar-refractivity contribution in [1.29, 1.82) is 0 Å². The molecule has 1 N–H and O–H groups in total. The van der Waals surface area contributed by atoms with Crippen LogP contribution in [0.25, 0.3) is 0 Å². The van der Waals surface area contributed by atoms with E-state index in [9.17, 15) is 5.11 Å². The molecule has 2 aromatic rings. The topological polar surface area (TPSA) is 55.9 Å². The Morgan fingerprint density at radius 3 is 3.25 bits per heavy atom. The highest BCUT2D eigenvalue weighted by molar-refractivity contribution is 5.16. The minimum absolute atomic E-state index is 0.497. The third-order valence-corrected chi connectivity index (χ3v) is 3.03. The summed E-state index contributed by atoms with van der Waals surface area (Å²) >= 11 is 0. The molecule has 1 unspecified atom stereocenters. The zero-order valence-corrected chi connectivity index (χ0v) is 9.17. The van der Waals surface area contributed by atoms with Crippen LogP contribution in [0.2, 0.25) is 0 Å². The van der Waals surface area contributed by atoms with Crippen LogP contribution in [0.1, 0.15) is 30.2 Å². The first-order chi connectivity index (χ1) is 7.78. The van der Waals surface area contributed by atoms with E-state index in [2.05, 4.69) is 17.0 Å². The molecule has 2 aromatic heterocycles. The summed E-state index contributed by atoms with van der Waals surface area (Å²) in [4.78, 5) is 4.28. The van der Waals surface area contributed by atoms with Gasteiger partial charge in [-0.15, -0.1) is 0 Å². The molecule has 1 aliphatic rings. The maximum Gasteiger partial charge on any atom is 0.130 e. The van der Waals surface area contributed by atoms with E-state index in [0.29, 0.717) is 13.1 Å². The number of aliphatic hydroxyl groups is 1. The summed E-state index contributed by atoms with van der Waals surface area (Å²) in [5.74, 6) is 0.948. The van der Waals surface area contributed by atoms with E-state index in [-0.39, 0.29) is 0 Å². The van der Waals surface area contributed by atoms with E-state index >= 15 is 0 Å². The van der Waals surface area contributed by atoms with Gasteiger partial charge in [-0.3, -0.25) is 4.68 Å². The van der Waals surface area contributed by atoms with Crippen LogP contribution < -0.4 is 0 Å². The van der Waals surface area contributed by atoms with Crippen LogP contribution in [-0.4, -0.2) is 24.4 Å². The first-order valence-corrected chi connectivity index (χ1v) is 5.52. The molecule has 16 heavy (non-hydrogen) atoms. The van der Waals surface area contributed by atoms with Crippen LogP contribution in [0, 0.1) is 0 Å². The van der Waals surface area contributed by atoms with Crippen LogP contribution in [0.3, 0.4) is 0 Å². The Morgan fingerprint density at radius 1 is 1.56 bits per heavy atom. The molecular formula is C11H14N4O. The highest BCUT2D eigenvalue weighted by Gasteiger charge is 2.21. The number of fused-ring (bicyclic) bond motifs is 2. The zero-order chi connectivity index (χ0) is 11.1. The van der Waals surface area contributed by atoms with Gasteiger partial charge in [-0.25, -0.2) is 4.98 Å². The molecule has 0 saturated carbocycles. The van der Waals surface area contributed by atoms with Crippen LogP contribution >= 0.6 is 0 Å². The Morgan fingerprint density at radius 2 is 2.44 bits per heavy atom. The molecule has 84 valence electrons. The van der Waals surface area contributed by atoms with Crippen molar-refractivity contribution in [2.75, 3.05) is 0 Å². The average Bonchev–Trinajstić information content (AvgIpc) is 2.85. The Bertz CT molecular complexity index is 514. The SMILES string of the molecule is CCc1cc2n(n1)Cc1nccn1CC2O. The van der Waals surface area contributed by atoms with Gasteiger partial charge in [0.2, 0.25) is 0 Å². The predicted octanol–water partition coefficient (Wildman–Crippen LogP) is 0.737. The molecule has 0 spiro atoms. The Kier molecular flexibility index (Phi) is 2.07. The maximum atomic E-state index is 10.1. The van der Waals surface area contributed by atoms with Gasteiger partial charge < -0.3 is 9.67 Å². The van der Waals surface area contributed by atoms with Gasteiger partial charge in [-0.1, -0.05) is 6.92 Å². The molecular weight excluding hydrogens is 204 g/mol. The third kappa shape index (κ3) is 1.36. The Balaban J connectivity index is 2.08. The summed E-state index contributed by atoms with van der Waals surface area (Å²) in [7, 11) is 0. The minimum atomic E-state index is -0.497. The van der Waals surface area contributed by atoms with Crippen LogP contribution in [-0.2, 0) is 19.5 Å². The zero-order valence-electron chi connectivity index (χ0n) is 9.17. The summed E-state index contributed by atoms with van der Waals surface area (Å²) in [6.07, 6.45) is 4.05. The van der Waals surface area contributed by atoms with Crippen molar-refractivity contribution in [2.45, 2.75) is 32.5 Å². The van der Waals surface area contributed by atoms with Crippen molar-refractivity contribution in [2.24, 2.45) is 0 Å². The van der Waals surface area contributed by atoms with Gasteiger partial charge in [0.25, 0.3) is 0 Å². The molecule has 0 bridgehead atoms. The Labute approximate surface area is 93.3 Å². The monoisotopic (exact) mass is 218 g/mol. The highest BCUT2D eigenvalue weighted by atomic mass is 16.3. The molecule has 5 heteroatoms. The fraction of sp³-hybridized carbons (Fsp3) is 0.455. The number of hydrogen-bond donors (Lipinski definition) is 1. The standard InChI is InChI=1S/C11H14N4O/c1-2-8-5-9-10(16)6-14-4-3-12-11(14)7-15(9)13-8/h3-5,10,16H,2,6-7H2,1H3. The largest absolute Gasteiger partial charge is 0.385 e. The van der Waals surface area contributed by atoms with E-state index in [4.69, 9.17) is 0 Å². The minimum Gasteiger partial charge on any atom is -0.385 e. The van der Waals surface area contributed by atoms with E-state index in [1.165, 1.54) is 0 Å². The fourth-order valence-electron chi connectivity index (χ4n) is 2.13. The lowest BCUT2D eigenvalue weighted by Gasteiger charge is -2.07. The molecule has 1 aliphatic heterocycles. The predicted molar refractivity (Wildman–Crippen MR) is 57.9 cm³/mol. The van der Waals surface area contributed by atoms with Gasteiger partial charge in [0.15, 0.2) is 0 Å². The Hall–Kier alpha value is -1.62. The molecule has 3 heterocycles. The van der Waals surface area contributed by atoms with Gasteiger partial charge in [0.1, 0.15) is 11.9 Å². The van der Waals surface area contributed by atoms with Crippen molar-refractivity contribution in [3.63, 3.8) is 0 Å². The normalized spacial score (nSPS) is 19.0. The van der Waals surface area contributed by atoms with Crippen molar-refractivity contribution < 1.29 is 5.11 Å². The average molecular weight is 218 g/mol. The molecule has 1 atom stereocenters. The van der Waals surface area contributed by atoms with Gasteiger partial charge in [-0.2, -0.15) is 5.10 Å². The number of hydrogen-bond acceptors (Lipinski definition) is 3. The number of nitrogens with zero attached hydrogens (tertiary/aromatic N) is 4. The lowest BCUT2D eigenvalue weighted by molar-refractivity contribution is 0.151. The summed E-state index contributed by atoms with van der Waals surface area (Å²) < 4.78 is 3.83.